The predicted octanol–water partition coefficient (Wildman–Crippen LogP) is -3.16. The number of fused-ring (bicyclic) bond motifs is 1. The molecule has 0 saturated carbocycles. The van der Waals surface area contributed by atoms with E-state index in [1.807, 2.05) is 0 Å². The smallest absolute Gasteiger partial charge is 0.270 e. The first kappa shape index (κ1) is 31.8. The van der Waals surface area contributed by atoms with Crippen molar-refractivity contribution in [3.8, 4) is 34.5 Å². The highest BCUT2D eigenvalue weighted by Gasteiger charge is 2.48. The Balaban J connectivity index is 1.56. The molecule has 242 valence electrons. The number of benzene rings is 2. The number of hydrogen-bond acceptors (Lipinski definition) is 16. The van der Waals surface area contributed by atoms with Crippen molar-refractivity contribution in [1.82, 2.24) is 0 Å². The zero-order valence-electron chi connectivity index (χ0n) is 22.6. The van der Waals surface area contributed by atoms with Crippen LogP contribution in [-0.2, 0) is 14.2 Å². The lowest BCUT2D eigenvalue weighted by Gasteiger charge is -2.40. The summed E-state index contributed by atoms with van der Waals surface area (Å²) in [4.78, 5) is 0. The minimum Gasteiger partial charge on any atom is -0.571 e. The molecule has 0 spiro atoms. The molecule has 13 N–H and O–H groups in total. The number of aromatic hydroxyl groups is 5. The van der Waals surface area contributed by atoms with E-state index in [9.17, 15) is 61.3 Å². The number of phenolic OH excluding ortho intramolecular Hbond substituents is 4. The molecule has 3 heterocycles. The van der Waals surface area contributed by atoms with E-state index in [1.165, 1.54) is 12.1 Å². The van der Waals surface area contributed by atoms with Crippen LogP contribution >= 0.6 is 0 Å². The van der Waals surface area contributed by atoms with Crippen molar-refractivity contribution < 1.29 is 85.0 Å². The van der Waals surface area contributed by atoms with Gasteiger partial charge in [0.25, 0.3) is 11.9 Å². The van der Waals surface area contributed by atoms with Crippen LogP contribution in [0.2, 0.25) is 0 Å². The van der Waals surface area contributed by atoms with Crippen molar-refractivity contribution in [3.63, 3.8) is 0 Å². The van der Waals surface area contributed by atoms with Crippen LogP contribution in [0.5, 0.6) is 34.5 Å². The third kappa shape index (κ3) is 5.77. The summed E-state index contributed by atoms with van der Waals surface area (Å²) in [5, 5.41) is 121. The number of phenols is 4. The van der Waals surface area contributed by atoms with Crippen molar-refractivity contribution in [2.75, 3.05) is 13.2 Å². The maximum Gasteiger partial charge on any atom is 0.270 e. The molecule has 1 unspecified atom stereocenters. The molecule has 2 aromatic carbocycles. The molecule has 3 aliphatic rings. The van der Waals surface area contributed by atoms with Gasteiger partial charge in [-0.15, -0.1) is 0 Å². The molecule has 44 heavy (non-hydrogen) atoms. The predicted molar refractivity (Wildman–Crippen MR) is 141 cm³/mol. The summed E-state index contributed by atoms with van der Waals surface area (Å²) in [7, 11) is 0. The van der Waals surface area contributed by atoms with E-state index < -0.39 is 104 Å². The van der Waals surface area contributed by atoms with Gasteiger partial charge in [-0.3, -0.25) is 0 Å². The standard InChI is InChI=1S/C27H32O17/c28-6-16-19(34)21(36)23(38)26(43-16)41-14-4-9(30)3-13-10(14)5-15(25(40-13)8-1-11(31)18(33)12(32)2-8)42-27-24(39)22(37)20(35)17(7-29)44-27/h1-5,16-17,19-39H,6-7H2/p+1/t16-,17+,19-,20-,21+,22-,23-,24+,25?,26-,27-/m1/s1. The Morgan fingerprint density at radius 2 is 1.18 bits per heavy atom. The Morgan fingerprint density at radius 1 is 0.659 bits per heavy atom. The first-order chi connectivity index (χ1) is 20.8. The van der Waals surface area contributed by atoms with Gasteiger partial charge in [0.1, 0.15) is 65.9 Å². The second-order valence-corrected chi connectivity index (χ2v) is 10.5. The summed E-state index contributed by atoms with van der Waals surface area (Å²) in [6.07, 6.45) is -16.6. The average molecular weight is 630 g/mol. The Morgan fingerprint density at radius 3 is 1.70 bits per heavy atom. The monoisotopic (exact) mass is 629 g/mol. The van der Waals surface area contributed by atoms with Crippen LogP contribution in [0.4, 0.5) is 0 Å². The molecule has 2 fully saturated rings. The Kier molecular flexibility index (Phi) is 8.96. The van der Waals surface area contributed by atoms with E-state index in [0.29, 0.717) is 0 Å². The normalized spacial score (nSPS) is 35.3. The van der Waals surface area contributed by atoms with Crippen LogP contribution in [0.25, 0.3) is 6.08 Å². The number of hydrogen-bond donors (Lipinski definition) is 12. The Labute approximate surface area is 247 Å². The highest BCUT2D eigenvalue weighted by molar-refractivity contribution is 5.70. The molecule has 17 heteroatoms. The first-order valence-electron chi connectivity index (χ1n) is 13.3. The van der Waals surface area contributed by atoms with Crippen LogP contribution in [0, 0.1) is 0 Å². The van der Waals surface area contributed by atoms with E-state index in [2.05, 4.69) is 4.74 Å². The van der Waals surface area contributed by atoms with Gasteiger partial charge in [-0.2, -0.15) is 0 Å². The van der Waals surface area contributed by atoms with Gasteiger partial charge in [0, 0.05) is 12.1 Å². The quantitative estimate of drug-likeness (QED) is 0.106. The summed E-state index contributed by atoms with van der Waals surface area (Å²) >= 11 is 0. The summed E-state index contributed by atoms with van der Waals surface area (Å²) < 4.78 is 27.0. The SMILES string of the molecule is OC[C@@H]1O[C@@H](OC2=Cc3c(O[C@@H]4O[C@H](CO)[C@@H](O)[C@H](O)[C@H]4O)cc(O)cc3[OH+]C2c2cc(O)c(O)c(O)c2)[C@@H](O)[C@H](O)[C@@H]1O. The molecular weight excluding hydrogens is 596 g/mol. The van der Waals surface area contributed by atoms with Gasteiger partial charge in [-0.05, 0) is 12.1 Å². The summed E-state index contributed by atoms with van der Waals surface area (Å²) in [5.74, 6) is -3.06. The molecule has 0 amide bonds. The maximum absolute atomic E-state index is 10.6. The molecule has 5 rings (SSSR count). The molecule has 0 radical (unpaired) electrons. The Hall–Kier alpha value is -3.62. The molecule has 2 aromatic rings. The lowest BCUT2D eigenvalue weighted by atomic mass is 9.98. The third-order valence-corrected chi connectivity index (χ3v) is 7.53. The van der Waals surface area contributed by atoms with Crippen LogP contribution in [-0.4, -0.2) is 141 Å². The van der Waals surface area contributed by atoms with Crippen molar-refractivity contribution in [2.24, 2.45) is 0 Å². The maximum atomic E-state index is 10.6. The van der Waals surface area contributed by atoms with Gasteiger partial charge >= 0.3 is 0 Å². The second kappa shape index (κ2) is 12.4. The van der Waals surface area contributed by atoms with Crippen molar-refractivity contribution in [1.29, 1.82) is 0 Å². The lowest BCUT2D eigenvalue weighted by molar-refractivity contribution is -0.295. The lowest BCUT2D eigenvalue weighted by Crippen LogP contribution is -2.60. The topological polar surface area (TPSA) is 292 Å². The molecule has 0 bridgehead atoms. The van der Waals surface area contributed by atoms with Crippen LogP contribution in [0.3, 0.4) is 0 Å². The molecule has 17 nitrogen and oxygen atoms in total. The number of aliphatic hydroxyl groups excluding tert-OH is 8. The first-order valence-corrected chi connectivity index (χ1v) is 13.3. The van der Waals surface area contributed by atoms with Gasteiger partial charge in [0.15, 0.2) is 23.0 Å². The van der Waals surface area contributed by atoms with Gasteiger partial charge in [-0.25, -0.2) is 0 Å². The Bertz CT molecular complexity index is 1360. The van der Waals surface area contributed by atoms with Gasteiger partial charge < -0.3 is 85.0 Å². The number of rotatable bonds is 7. The minimum absolute atomic E-state index is 0.0165. The van der Waals surface area contributed by atoms with Crippen LogP contribution in [0.15, 0.2) is 30.0 Å². The number of aliphatic hydroxyl groups is 9. The summed E-state index contributed by atoms with van der Waals surface area (Å²) in [6.45, 7) is -1.49. The molecule has 3 aliphatic heterocycles. The highest BCUT2D eigenvalue weighted by atomic mass is 16.7. The van der Waals surface area contributed by atoms with E-state index in [0.717, 1.165) is 18.2 Å². The number of ether oxygens (including phenoxy) is 5. The van der Waals surface area contributed by atoms with Gasteiger partial charge in [0.05, 0.1) is 24.8 Å². The molecule has 0 aliphatic carbocycles. The third-order valence-electron chi connectivity index (χ3n) is 7.53. The minimum atomic E-state index is -1.85. The fourth-order valence-electron chi connectivity index (χ4n) is 5.08. The zero-order valence-corrected chi connectivity index (χ0v) is 22.6. The van der Waals surface area contributed by atoms with Crippen LogP contribution in [0.1, 0.15) is 17.2 Å². The largest absolute Gasteiger partial charge is 0.571 e. The van der Waals surface area contributed by atoms with Crippen molar-refractivity contribution >= 4 is 6.08 Å². The van der Waals surface area contributed by atoms with Crippen molar-refractivity contribution in [3.05, 3.63) is 41.2 Å². The second-order valence-electron chi connectivity index (χ2n) is 10.5. The van der Waals surface area contributed by atoms with E-state index >= 15 is 0 Å². The van der Waals surface area contributed by atoms with E-state index in [4.69, 9.17) is 18.9 Å². The van der Waals surface area contributed by atoms with E-state index in [-0.39, 0.29) is 28.4 Å². The molecule has 11 atom stereocenters. The van der Waals surface area contributed by atoms with E-state index in [1.54, 1.807) is 0 Å². The van der Waals surface area contributed by atoms with Crippen LogP contribution < -0.4 is 4.74 Å². The fraction of sp³-hybridized carbons (Fsp3) is 0.481. The van der Waals surface area contributed by atoms with Gasteiger partial charge in [0.2, 0.25) is 12.6 Å². The van der Waals surface area contributed by atoms with Gasteiger partial charge in [-0.1, -0.05) is 0 Å². The average Bonchev–Trinajstić information content (AvgIpc) is 2.99. The summed E-state index contributed by atoms with van der Waals surface area (Å²) in [6, 6.07) is 4.39. The molecule has 2 saturated heterocycles. The highest BCUT2D eigenvalue weighted by Crippen LogP contribution is 2.48. The fourth-order valence-corrected chi connectivity index (χ4v) is 5.08. The molecular formula is C27H33O17+. The zero-order chi connectivity index (χ0) is 32.0. The summed E-state index contributed by atoms with van der Waals surface area (Å²) in [5.41, 5.74) is 0.0851. The molecule has 0 aromatic heterocycles. The van der Waals surface area contributed by atoms with Crippen molar-refractivity contribution in [2.45, 2.75) is 67.5 Å².